The van der Waals surface area contributed by atoms with Crippen LogP contribution in [0.1, 0.15) is 16.1 Å². The maximum Gasteiger partial charge on any atom is 0.185 e. The van der Waals surface area contributed by atoms with Gasteiger partial charge in [-0.05, 0) is 35.9 Å². The van der Waals surface area contributed by atoms with E-state index in [1.54, 1.807) is 6.07 Å². The van der Waals surface area contributed by atoms with Gasteiger partial charge in [0, 0.05) is 17.6 Å². The molecule has 2 aromatic rings. The van der Waals surface area contributed by atoms with Crippen LogP contribution in [0.5, 0.6) is 0 Å². The normalized spacial score (nSPS) is 10.4. The lowest BCUT2D eigenvalue weighted by Gasteiger charge is -2.03. The molecule has 1 heterocycles. The Hall–Kier alpha value is -1.45. The van der Waals surface area contributed by atoms with E-state index in [9.17, 15) is 9.18 Å². The monoisotopic (exact) mass is 283 g/mol. The third-order valence-corrected chi connectivity index (χ3v) is 2.83. The van der Waals surface area contributed by atoms with Crippen molar-refractivity contribution in [3.05, 3.63) is 63.6 Å². The minimum atomic E-state index is -0.457. The number of Topliss-reactive ketones (excluding diaryl/α,β-unsaturated/α-hetero) is 1. The molecule has 0 radical (unpaired) electrons. The van der Waals surface area contributed by atoms with Crippen molar-refractivity contribution >= 4 is 29.0 Å². The zero-order valence-corrected chi connectivity index (χ0v) is 10.7. The summed E-state index contributed by atoms with van der Waals surface area (Å²) in [5.41, 5.74) is 0.503. The first-order valence-corrected chi connectivity index (χ1v) is 5.90. The number of carbonyl (C=O) groups is 1. The molecule has 1 aromatic carbocycles. The van der Waals surface area contributed by atoms with E-state index in [-0.39, 0.29) is 23.5 Å². The standard InChI is InChI=1S/C13H8Cl2FNO/c14-9-1-3-11(16)8(5-9)6-13(18)12-4-2-10(15)7-17-12/h1-5,7H,6H2. The lowest BCUT2D eigenvalue weighted by Crippen LogP contribution is -2.07. The van der Waals surface area contributed by atoms with Gasteiger partial charge in [0.15, 0.2) is 5.78 Å². The van der Waals surface area contributed by atoms with Crippen LogP contribution < -0.4 is 0 Å². The molecule has 0 unspecified atom stereocenters. The summed E-state index contributed by atoms with van der Waals surface area (Å²) < 4.78 is 13.5. The Balaban J connectivity index is 2.21. The molecule has 0 aliphatic rings. The van der Waals surface area contributed by atoms with Crippen LogP contribution >= 0.6 is 23.2 Å². The van der Waals surface area contributed by atoms with Crippen molar-refractivity contribution in [3.8, 4) is 0 Å². The fourth-order valence-electron chi connectivity index (χ4n) is 1.48. The van der Waals surface area contributed by atoms with Crippen LogP contribution in [0.4, 0.5) is 4.39 Å². The molecule has 2 rings (SSSR count). The molecule has 0 amide bonds. The first-order valence-electron chi connectivity index (χ1n) is 5.15. The molecule has 0 spiro atoms. The highest BCUT2D eigenvalue weighted by molar-refractivity contribution is 6.30. The van der Waals surface area contributed by atoms with E-state index in [0.29, 0.717) is 10.0 Å². The quantitative estimate of drug-likeness (QED) is 0.799. The van der Waals surface area contributed by atoms with Crippen LogP contribution in [-0.4, -0.2) is 10.8 Å². The molecule has 0 atom stereocenters. The molecule has 0 N–H and O–H groups in total. The van der Waals surface area contributed by atoms with Crippen LogP contribution in [0.2, 0.25) is 10.0 Å². The van der Waals surface area contributed by atoms with Crippen LogP contribution in [0, 0.1) is 5.82 Å². The molecule has 18 heavy (non-hydrogen) atoms. The largest absolute Gasteiger partial charge is 0.292 e. The average Bonchev–Trinajstić information content (AvgIpc) is 2.34. The number of pyridine rings is 1. The Labute approximate surface area is 113 Å². The second-order valence-corrected chi connectivity index (χ2v) is 4.57. The van der Waals surface area contributed by atoms with Crippen molar-refractivity contribution in [1.82, 2.24) is 4.98 Å². The highest BCUT2D eigenvalue weighted by Crippen LogP contribution is 2.17. The fraction of sp³-hybridized carbons (Fsp3) is 0.0769. The topological polar surface area (TPSA) is 30.0 Å². The average molecular weight is 284 g/mol. The fourth-order valence-corrected chi connectivity index (χ4v) is 1.79. The smallest absolute Gasteiger partial charge is 0.185 e. The number of aromatic nitrogens is 1. The number of hydrogen-bond donors (Lipinski definition) is 0. The molecule has 0 aliphatic carbocycles. The Morgan fingerprint density at radius 2 is 1.89 bits per heavy atom. The van der Waals surface area contributed by atoms with Crippen molar-refractivity contribution < 1.29 is 9.18 Å². The van der Waals surface area contributed by atoms with Gasteiger partial charge >= 0.3 is 0 Å². The summed E-state index contributed by atoms with van der Waals surface area (Å²) >= 11 is 11.4. The van der Waals surface area contributed by atoms with Gasteiger partial charge in [-0.3, -0.25) is 9.78 Å². The SMILES string of the molecule is O=C(Cc1cc(Cl)ccc1F)c1ccc(Cl)cn1. The number of hydrogen-bond acceptors (Lipinski definition) is 2. The van der Waals surface area contributed by atoms with Gasteiger partial charge < -0.3 is 0 Å². The van der Waals surface area contributed by atoms with Gasteiger partial charge in [-0.25, -0.2) is 4.39 Å². The van der Waals surface area contributed by atoms with E-state index in [1.165, 1.54) is 30.5 Å². The van der Waals surface area contributed by atoms with Crippen LogP contribution in [-0.2, 0) is 6.42 Å². The van der Waals surface area contributed by atoms with E-state index >= 15 is 0 Å². The number of carbonyl (C=O) groups excluding carboxylic acids is 1. The van der Waals surface area contributed by atoms with E-state index in [0.717, 1.165) is 0 Å². The van der Waals surface area contributed by atoms with Crippen molar-refractivity contribution in [3.63, 3.8) is 0 Å². The molecule has 0 aliphatic heterocycles. The maximum atomic E-state index is 13.5. The van der Waals surface area contributed by atoms with Gasteiger partial charge in [0.25, 0.3) is 0 Å². The van der Waals surface area contributed by atoms with E-state index in [2.05, 4.69) is 4.98 Å². The van der Waals surface area contributed by atoms with E-state index in [4.69, 9.17) is 23.2 Å². The van der Waals surface area contributed by atoms with Gasteiger partial charge in [0.05, 0.1) is 5.02 Å². The third-order valence-electron chi connectivity index (χ3n) is 2.37. The van der Waals surface area contributed by atoms with Crippen molar-refractivity contribution in [2.75, 3.05) is 0 Å². The first kappa shape index (κ1) is 13.0. The van der Waals surface area contributed by atoms with Crippen LogP contribution in [0.3, 0.4) is 0 Å². The second-order valence-electron chi connectivity index (χ2n) is 3.70. The minimum absolute atomic E-state index is 0.0823. The Bertz CT molecular complexity index is 584. The summed E-state index contributed by atoms with van der Waals surface area (Å²) in [6, 6.07) is 7.18. The Morgan fingerprint density at radius 3 is 2.56 bits per heavy atom. The van der Waals surface area contributed by atoms with E-state index in [1.807, 2.05) is 0 Å². The number of ketones is 1. The summed E-state index contributed by atoms with van der Waals surface area (Å²) in [5, 5.41) is 0.837. The third kappa shape index (κ3) is 3.06. The first-order chi connectivity index (χ1) is 8.56. The van der Waals surface area contributed by atoms with Crippen molar-refractivity contribution in [1.29, 1.82) is 0 Å². The van der Waals surface area contributed by atoms with Crippen LogP contribution in [0.15, 0.2) is 36.5 Å². The number of nitrogens with zero attached hydrogens (tertiary/aromatic N) is 1. The molecule has 5 heteroatoms. The van der Waals surface area contributed by atoms with Gasteiger partial charge in [-0.1, -0.05) is 23.2 Å². The second kappa shape index (κ2) is 5.46. The lowest BCUT2D eigenvalue weighted by atomic mass is 10.1. The Kier molecular flexibility index (Phi) is 3.94. The van der Waals surface area contributed by atoms with Crippen molar-refractivity contribution in [2.24, 2.45) is 0 Å². The lowest BCUT2D eigenvalue weighted by molar-refractivity contribution is 0.0987. The van der Waals surface area contributed by atoms with Gasteiger partial charge in [0.1, 0.15) is 11.5 Å². The Morgan fingerprint density at radius 1 is 1.17 bits per heavy atom. The summed E-state index contributed by atoms with van der Waals surface area (Å²) in [6.45, 7) is 0. The molecule has 1 aromatic heterocycles. The van der Waals surface area contributed by atoms with Gasteiger partial charge in [-0.2, -0.15) is 0 Å². The molecule has 2 nitrogen and oxygen atoms in total. The molecule has 0 saturated carbocycles. The molecule has 0 bridgehead atoms. The molecular formula is C13H8Cl2FNO. The zero-order valence-electron chi connectivity index (χ0n) is 9.16. The zero-order chi connectivity index (χ0) is 13.1. The highest BCUT2D eigenvalue weighted by Gasteiger charge is 2.12. The van der Waals surface area contributed by atoms with Crippen LogP contribution in [0.25, 0.3) is 0 Å². The highest BCUT2D eigenvalue weighted by atomic mass is 35.5. The molecule has 0 fully saturated rings. The maximum absolute atomic E-state index is 13.5. The number of halogens is 3. The van der Waals surface area contributed by atoms with Crippen molar-refractivity contribution in [2.45, 2.75) is 6.42 Å². The predicted molar refractivity (Wildman–Crippen MR) is 68.7 cm³/mol. The summed E-state index contributed by atoms with van der Waals surface area (Å²) in [4.78, 5) is 15.8. The van der Waals surface area contributed by atoms with Gasteiger partial charge in [0.2, 0.25) is 0 Å². The summed E-state index contributed by atoms with van der Waals surface area (Å²) in [7, 11) is 0. The minimum Gasteiger partial charge on any atom is -0.292 e. The molecular weight excluding hydrogens is 276 g/mol. The predicted octanol–water partition coefficient (Wildman–Crippen LogP) is 3.95. The molecule has 0 saturated heterocycles. The van der Waals surface area contributed by atoms with Gasteiger partial charge in [-0.15, -0.1) is 0 Å². The summed E-state index contributed by atoms with van der Waals surface area (Å²) in [6.07, 6.45) is 1.30. The van der Waals surface area contributed by atoms with E-state index < -0.39 is 5.82 Å². The summed E-state index contributed by atoms with van der Waals surface area (Å²) in [5.74, 6) is -0.741. The molecule has 92 valence electrons. The number of benzene rings is 1. The number of rotatable bonds is 3.